The molecule has 0 unspecified atom stereocenters. The first kappa shape index (κ1) is 13.2. The molecule has 0 spiro atoms. The third-order valence-electron chi connectivity index (χ3n) is 2.34. The Balaban J connectivity index is 2.62. The highest BCUT2D eigenvalue weighted by molar-refractivity contribution is 6.30. The predicted octanol–water partition coefficient (Wildman–Crippen LogP) is 0.241. The third kappa shape index (κ3) is 2.78. The highest BCUT2D eigenvalue weighted by atomic mass is 35.5. The van der Waals surface area contributed by atoms with Gasteiger partial charge in [0, 0.05) is 11.4 Å². The molecule has 2 rings (SSSR count). The van der Waals surface area contributed by atoms with Gasteiger partial charge in [-0.15, -0.1) is 0 Å². The second kappa shape index (κ2) is 5.61. The van der Waals surface area contributed by atoms with E-state index in [1.54, 1.807) is 12.1 Å². The normalized spacial score (nSPS) is 10.0. The number of H-pyrrole nitrogens is 2. The number of aromatic nitrogens is 3. The van der Waals surface area contributed by atoms with E-state index in [0.717, 1.165) is 4.57 Å². The van der Waals surface area contributed by atoms with Crippen molar-refractivity contribution in [3.05, 3.63) is 49.8 Å². The van der Waals surface area contributed by atoms with Gasteiger partial charge in [-0.3, -0.25) is 0 Å². The average molecular weight is 280 g/mol. The summed E-state index contributed by atoms with van der Waals surface area (Å²) in [5.74, 6) is 5.50. The molecule has 6 nitrogen and oxygen atoms in total. The standard InChI is InChI=1S/C12H10ClN3O3/c13-9-4-5-10(8(7-9)3-1-2-6-17)16-11(18)14-15-12(16)19/h4-5,7,17H,2,6H2,(H,14,18)(H,15,19). The van der Waals surface area contributed by atoms with Crippen molar-refractivity contribution in [2.24, 2.45) is 0 Å². The van der Waals surface area contributed by atoms with Gasteiger partial charge in [0.25, 0.3) is 0 Å². The van der Waals surface area contributed by atoms with Gasteiger partial charge >= 0.3 is 11.4 Å². The van der Waals surface area contributed by atoms with Crippen molar-refractivity contribution in [1.29, 1.82) is 0 Å². The number of aliphatic hydroxyl groups excluding tert-OH is 1. The molecule has 0 amide bonds. The van der Waals surface area contributed by atoms with Crippen LogP contribution >= 0.6 is 11.6 Å². The fourth-order valence-electron chi connectivity index (χ4n) is 1.55. The number of hydrogen-bond acceptors (Lipinski definition) is 3. The van der Waals surface area contributed by atoms with Crippen molar-refractivity contribution in [1.82, 2.24) is 14.8 Å². The molecule has 0 bridgehead atoms. The quantitative estimate of drug-likeness (QED) is 0.688. The van der Waals surface area contributed by atoms with Crippen molar-refractivity contribution in [3.8, 4) is 17.5 Å². The molecule has 0 saturated heterocycles. The predicted molar refractivity (Wildman–Crippen MR) is 70.6 cm³/mol. The molecule has 0 aliphatic heterocycles. The van der Waals surface area contributed by atoms with E-state index in [4.69, 9.17) is 16.7 Å². The lowest BCUT2D eigenvalue weighted by atomic mass is 10.1. The van der Waals surface area contributed by atoms with E-state index >= 15 is 0 Å². The van der Waals surface area contributed by atoms with Crippen molar-refractivity contribution in [2.75, 3.05) is 6.61 Å². The summed E-state index contributed by atoms with van der Waals surface area (Å²) < 4.78 is 0.930. The van der Waals surface area contributed by atoms with Crippen molar-refractivity contribution >= 4 is 11.6 Å². The van der Waals surface area contributed by atoms with Crippen molar-refractivity contribution in [2.45, 2.75) is 6.42 Å². The molecule has 2 aromatic rings. The Kier molecular flexibility index (Phi) is 3.90. The maximum absolute atomic E-state index is 11.6. The van der Waals surface area contributed by atoms with Crippen LogP contribution in [0.5, 0.6) is 0 Å². The minimum absolute atomic E-state index is 0.0619. The van der Waals surface area contributed by atoms with Crippen LogP contribution in [0, 0.1) is 11.8 Å². The number of aliphatic hydroxyl groups is 1. The van der Waals surface area contributed by atoms with Gasteiger partial charge in [-0.1, -0.05) is 23.4 Å². The second-order valence-electron chi connectivity index (χ2n) is 3.63. The highest BCUT2D eigenvalue weighted by Crippen LogP contribution is 2.16. The Morgan fingerprint density at radius 1 is 1.26 bits per heavy atom. The van der Waals surface area contributed by atoms with Crippen LogP contribution in [0.2, 0.25) is 5.02 Å². The molecule has 7 heteroatoms. The maximum Gasteiger partial charge on any atom is 0.349 e. The Morgan fingerprint density at radius 3 is 2.58 bits per heavy atom. The van der Waals surface area contributed by atoms with Gasteiger partial charge in [0.2, 0.25) is 0 Å². The van der Waals surface area contributed by atoms with Gasteiger partial charge in [0.15, 0.2) is 0 Å². The summed E-state index contributed by atoms with van der Waals surface area (Å²) in [5, 5.41) is 13.5. The SMILES string of the molecule is O=c1[nH][nH]c(=O)n1-c1ccc(Cl)cc1C#CCCO. The van der Waals surface area contributed by atoms with Gasteiger partial charge in [-0.05, 0) is 18.2 Å². The molecule has 3 N–H and O–H groups in total. The number of benzene rings is 1. The van der Waals surface area contributed by atoms with E-state index in [1.165, 1.54) is 6.07 Å². The Bertz CT molecular complexity index is 733. The number of nitrogens with one attached hydrogen (secondary N) is 2. The molecule has 0 aliphatic rings. The summed E-state index contributed by atoms with van der Waals surface area (Å²) in [4.78, 5) is 23.1. The Labute approximate surface area is 112 Å². The molecule has 0 saturated carbocycles. The topological polar surface area (TPSA) is 90.9 Å². The van der Waals surface area contributed by atoms with E-state index in [0.29, 0.717) is 22.7 Å². The van der Waals surface area contributed by atoms with Gasteiger partial charge < -0.3 is 5.11 Å². The number of nitrogens with zero attached hydrogens (tertiary/aromatic N) is 1. The van der Waals surface area contributed by atoms with Crippen LogP contribution < -0.4 is 11.4 Å². The summed E-state index contributed by atoms with van der Waals surface area (Å²) in [6.45, 7) is -0.0619. The van der Waals surface area contributed by atoms with Crippen LogP contribution in [0.1, 0.15) is 12.0 Å². The van der Waals surface area contributed by atoms with E-state index in [1.807, 2.05) is 0 Å². The van der Waals surface area contributed by atoms with E-state index in [2.05, 4.69) is 22.0 Å². The Hall–Kier alpha value is -2.23. The van der Waals surface area contributed by atoms with Crippen LogP contribution in [0.25, 0.3) is 5.69 Å². The number of halogens is 1. The molecule has 1 heterocycles. The molecule has 0 radical (unpaired) electrons. The zero-order chi connectivity index (χ0) is 13.8. The lowest BCUT2D eigenvalue weighted by Crippen LogP contribution is -2.25. The number of rotatable bonds is 2. The summed E-state index contributed by atoms with van der Waals surface area (Å²) in [6.07, 6.45) is 0.296. The molecule has 98 valence electrons. The van der Waals surface area contributed by atoms with Crippen LogP contribution in [0.3, 0.4) is 0 Å². The molecule has 1 aromatic carbocycles. The zero-order valence-electron chi connectivity index (χ0n) is 9.74. The molecule has 0 fully saturated rings. The van der Waals surface area contributed by atoms with Crippen LogP contribution in [-0.2, 0) is 0 Å². The van der Waals surface area contributed by atoms with E-state index in [9.17, 15) is 9.59 Å². The second-order valence-corrected chi connectivity index (χ2v) is 4.07. The maximum atomic E-state index is 11.6. The third-order valence-corrected chi connectivity index (χ3v) is 2.58. The van der Waals surface area contributed by atoms with E-state index < -0.39 is 11.4 Å². The van der Waals surface area contributed by atoms with Gasteiger partial charge in [-0.2, -0.15) is 0 Å². The first-order valence-electron chi connectivity index (χ1n) is 5.43. The Morgan fingerprint density at radius 2 is 1.95 bits per heavy atom. The number of hydrogen-bond donors (Lipinski definition) is 3. The largest absolute Gasteiger partial charge is 0.395 e. The lowest BCUT2D eigenvalue weighted by molar-refractivity contribution is 0.305. The lowest BCUT2D eigenvalue weighted by Gasteiger charge is -2.03. The summed E-state index contributed by atoms with van der Waals surface area (Å²) in [7, 11) is 0. The summed E-state index contributed by atoms with van der Waals surface area (Å²) in [5.41, 5.74) is -0.398. The fourth-order valence-corrected chi connectivity index (χ4v) is 1.72. The van der Waals surface area contributed by atoms with Gasteiger partial charge in [-0.25, -0.2) is 24.4 Å². The smallest absolute Gasteiger partial charge is 0.349 e. The van der Waals surface area contributed by atoms with Gasteiger partial charge in [0.05, 0.1) is 17.9 Å². The van der Waals surface area contributed by atoms with E-state index in [-0.39, 0.29) is 6.61 Å². The molecule has 1 aromatic heterocycles. The summed E-state index contributed by atoms with van der Waals surface area (Å²) >= 11 is 5.87. The zero-order valence-corrected chi connectivity index (χ0v) is 10.5. The van der Waals surface area contributed by atoms with Crippen LogP contribution in [-0.4, -0.2) is 26.5 Å². The number of aromatic amines is 2. The average Bonchev–Trinajstić information content (AvgIpc) is 2.70. The minimum atomic E-state index is -0.586. The first-order valence-corrected chi connectivity index (χ1v) is 5.80. The fraction of sp³-hybridized carbons (Fsp3) is 0.167. The minimum Gasteiger partial charge on any atom is -0.395 e. The van der Waals surface area contributed by atoms with Gasteiger partial charge in [0.1, 0.15) is 0 Å². The van der Waals surface area contributed by atoms with Crippen molar-refractivity contribution in [3.63, 3.8) is 0 Å². The first-order chi connectivity index (χ1) is 9.13. The van der Waals surface area contributed by atoms with Crippen LogP contribution in [0.4, 0.5) is 0 Å². The molecular formula is C12H10ClN3O3. The van der Waals surface area contributed by atoms with Crippen LogP contribution in [0.15, 0.2) is 27.8 Å². The van der Waals surface area contributed by atoms with Crippen molar-refractivity contribution < 1.29 is 5.11 Å². The summed E-state index contributed by atoms with van der Waals surface area (Å²) in [6, 6.07) is 4.66. The molecule has 0 aliphatic carbocycles. The molecular weight excluding hydrogens is 270 g/mol. The molecule has 19 heavy (non-hydrogen) atoms. The monoisotopic (exact) mass is 279 g/mol. The molecule has 0 atom stereocenters. The highest BCUT2D eigenvalue weighted by Gasteiger charge is 2.10.